The van der Waals surface area contributed by atoms with Crippen LogP contribution >= 0.6 is 11.6 Å². The summed E-state index contributed by atoms with van der Waals surface area (Å²) in [5.74, 6) is 0. The van der Waals surface area contributed by atoms with Crippen molar-refractivity contribution in [1.29, 1.82) is 0 Å². The molecule has 20 heavy (non-hydrogen) atoms. The molecule has 1 saturated heterocycles. The summed E-state index contributed by atoms with van der Waals surface area (Å²) in [5, 5.41) is 3.61. The van der Waals surface area contributed by atoms with Gasteiger partial charge in [-0.2, -0.15) is 0 Å². The van der Waals surface area contributed by atoms with E-state index >= 15 is 0 Å². The van der Waals surface area contributed by atoms with Crippen molar-refractivity contribution in [1.82, 2.24) is 15.1 Å². The first-order chi connectivity index (χ1) is 9.70. The standard InChI is InChI=1S/C14H18ClN3O2/c15-13-4-2-1-3-12(13)5-6-16-14(20)18-9-7-17(11-19)8-10-18/h1-4,11H,5-10H2,(H,16,20). The van der Waals surface area contributed by atoms with Gasteiger partial charge < -0.3 is 15.1 Å². The molecule has 108 valence electrons. The quantitative estimate of drug-likeness (QED) is 0.853. The van der Waals surface area contributed by atoms with E-state index in [9.17, 15) is 9.59 Å². The van der Waals surface area contributed by atoms with Crippen molar-refractivity contribution in [3.63, 3.8) is 0 Å². The highest BCUT2D eigenvalue weighted by atomic mass is 35.5. The van der Waals surface area contributed by atoms with Crippen LogP contribution in [0, 0.1) is 0 Å². The van der Waals surface area contributed by atoms with Crippen LogP contribution < -0.4 is 5.32 Å². The summed E-state index contributed by atoms with van der Waals surface area (Å²) < 4.78 is 0. The fraction of sp³-hybridized carbons (Fsp3) is 0.429. The molecule has 0 spiro atoms. The molecular weight excluding hydrogens is 278 g/mol. The molecule has 1 aromatic carbocycles. The van der Waals surface area contributed by atoms with Gasteiger partial charge in [0, 0.05) is 37.7 Å². The predicted molar refractivity (Wildman–Crippen MR) is 77.8 cm³/mol. The fourth-order valence-electron chi connectivity index (χ4n) is 2.15. The van der Waals surface area contributed by atoms with Crippen molar-refractivity contribution in [2.45, 2.75) is 6.42 Å². The number of hydrogen-bond donors (Lipinski definition) is 1. The van der Waals surface area contributed by atoms with E-state index in [2.05, 4.69) is 5.32 Å². The summed E-state index contributed by atoms with van der Waals surface area (Å²) in [6.07, 6.45) is 1.53. The number of rotatable bonds is 4. The SMILES string of the molecule is O=CN1CCN(C(=O)NCCc2ccccc2Cl)CC1. The summed E-state index contributed by atoms with van der Waals surface area (Å²) in [6.45, 7) is 2.91. The second kappa shape index (κ2) is 7.14. The van der Waals surface area contributed by atoms with E-state index in [0.717, 1.165) is 17.0 Å². The van der Waals surface area contributed by atoms with Crippen LogP contribution in [0.5, 0.6) is 0 Å². The van der Waals surface area contributed by atoms with Crippen LogP contribution in [0.25, 0.3) is 0 Å². The molecule has 5 nitrogen and oxygen atoms in total. The van der Waals surface area contributed by atoms with Gasteiger partial charge in [0.25, 0.3) is 0 Å². The molecule has 0 saturated carbocycles. The Bertz CT molecular complexity index is 473. The van der Waals surface area contributed by atoms with Gasteiger partial charge in [-0.1, -0.05) is 29.8 Å². The Morgan fingerprint density at radius 1 is 1.25 bits per heavy atom. The van der Waals surface area contributed by atoms with E-state index in [0.29, 0.717) is 39.1 Å². The Labute approximate surface area is 123 Å². The minimum Gasteiger partial charge on any atom is -0.342 e. The molecular formula is C14H18ClN3O2. The molecule has 0 atom stereocenters. The number of hydrogen-bond acceptors (Lipinski definition) is 2. The maximum Gasteiger partial charge on any atom is 0.317 e. The highest BCUT2D eigenvalue weighted by Crippen LogP contribution is 2.14. The van der Waals surface area contributed by atoms with Crippen molar-refractivity contribution in [2.24, 2.45) is 0 Å². The van der Waals surface area contributed by atoms with Gasteiger partial charge in [0.1, 0.15) is 0 Å². The molecule has 1 N–H and O–H groups in total. The first kappa shape index (κ1) is 14.7. The maximum absolute atomic E-state index is 11.9. The highest BCUT2D eigenvalue weighted by molar-refractivity contribution is 6.31. The fourth-order valence-corrected chi connectivity index (χ4v) is 2.38. The van der Waals surface area contributed by atoms with E-state index in [-0.39, 0.29) is 6.03 Å². The molecule has 0 bridgehead atoms. The zero-order chi connectivity index (χ0) is 14.4. The van der Waals surface area contributed by atoms with Crippen LogP contribution in [0.4, 0.5) is 4.79 Å². The van der Waals surface area contributed by atoms with E-state index in [1.807, 2.05) is 24.3 Å². The average Bonchev–Trinajstić information content (AvgIpc) is 2.49. The number of benzene rings is 1. The van der Waals surface area contributed by atoms with Crippen molar-refractivity contribution >= 4 is 24.0 Å². The lowest BCUT2D eigenvalue weighted by molar-refractivity contribution is -0.119. The van der Waals surface area contributed by atoms with Crippen LogP contribution in [-0.2, 0) is 11.2 Å². The summed E-state index contributed by atoms with van der Waals surface area (Å²) in [7, 11) is 0. The molecule has 1 fully saturated rings. The maximum atomic E-state index is 11.9. The van der Waals surface area contributed by atoms with Crippen molar-refractivity contribution < 1.29 is 9.59 Å². The predicted octanol–water partition coefficient (Wildman–Crippen LogP) is 1.37. The van der Waals surface area contributed by atoms with Gasteiger partial charge in [-0.25, -0.2) is 4.79 Å². The number of amides is 3. The van der Waals surface area contributed by atoms with E-state index in [1.54, 1.807) is 9.80 Å². The molecule has 3 amide bonds. The minimum atomic E-state index is -0.0809. The smallest absolute Gasteiger partial charge is 0.317 e. The number of carbonyl (C=O) groups excluding carboxylic acids is 2. The minimum absolute atomic E-state index is 0.0809. The van der Waals surface area contributed by atoms with Gasteiger partial charge in [-0.3, -0.25) is 4.79 Å². The lowest BCUT2D eigenvalue weighted by Crippen LogP contribution is -2.51. The third-order valence-corrected chi connectivity index (χ3v) is 3.75. The monoisotopic (exact) mass is 295 g/mol. The molecule has 0 radical (unpaired) electrons. The van der Waals surface area contributed by atoms with Crippen LogP contribution in [0.15, 0.2) is 24.3 Å². The molecule has 1 aromatic rings. The lowest BCUT2D eigenvalue weighted by Gasteiger charge is -2.32. The number of halogens is 1. The molecule has 1 heterocycles. The molecule has 1 aliphatic heterocycles. The molecule has 0 aromatic heterocycles. The zero-order valence-corrected chi connectivity index (χ0v) is 12.0. The van der Waals surface area contributed by atoms with E-state index in [1.165, 1.54) is 0 Å². The van der Waals surface area contributed by atoms with Gasteiger partial charge >= 0.3 is 6.03 Å². The van der Waals surface area contributed by atoms with E-state index in [4.69, 9.17) is 11.6 Å². The Morgan fingerprint density at radius 2 is 1.95 bits per heavy atom. The number of carbonyl (C=O) groups is 2. The first-order valence-corrected chi connectivity index (χ1v) is 7.04. The van der Waals surface area contributed by atoms with Gasteiger partial charge in [-0.05, 0) is 18.1 Å². The third kappa shape index (κ3) is 3.87. The Kier molecular flexibility index (Phi) is 5.24. The van der Waals surface area contributed by atoms with Gasteiger partial charge in [0.05, 0.1) is 0 Å². The second-order valence-electron chi connectivity index (χ2n) is 4.70. The summed E-state index contributed by atoms with van der Waals surface area (Å²) in [5.41, 5.74) is 1.03. The first-order valence-electron chi connectivity index (χ1n) is 6.66. The third-order valence-electron chi connectivity index (χ3n) is 3.38. The Balaban J connectivity index is 1.73. The molecule has 1 aliphatic rings. The van der Waals surface area contributed by atoms with Gasteiger partial charge in [0.2, 0.25) is 6.41 Å². The normalized spacial score (nSPS) is 15.1. The summed E-state index contributed by atoms with van der Waals surface area (Å²) in [6, 6.07) is 7.54. The van der Waals surface area contributed by atoms with Crippen molar-refractivity contribution in [3.05, 3.63) is 34.9 Å². The largest absolute Gasteiger partial charge is 0.342 e. The molecule has 6 heteroatoms. The number of nitrogens with zero attached hydrogens (tertiary/aromatic N) is 2. The molecule has 2 rings (SSSR count). The highest BCUT2D eigenvalue weighted by Gasteiger charge is 2.19. The number of piperazine rings is 1. The second-order valence-corrected chi connectivity index (χ2v) is 5.11. The van der Waals surface area contributed by atoms with Crippen LogP contribution in [0.1, 0.15) is 5.56 Å². The van der Waals surface area contributed by atoms with Crippen LogP contribution in [0.2, 0.25) is 5.02 Å². The molecule has 0 aliphatic carbocycles. The number of urea groups is 1. The summed E-state index contributed by atoms with van der Waals surface area (Å²) >= 11 is 6.06. The topological polar surface area (TPSA) is 52.7 Å². The van der Waals surface area contributed by atoms with Crippen LogP contribution in [-0.4, -0.2) is 55.0 Å². The van der Waals surface area contributed by atoms with Gasteiger partial charge in [0.15, 0.2) is 0 Å². The van der Waals surface area contributed by atoms with E-state index < -0.39 is 0 Å². The Morgan fingerprint density at radius 3 is 2.60 bits per heavy atom. The Hall–Kier alpha value is -1.75. The van der Waals surface area contributed by atoms with Crippen molar-refractivity contribution in [3.8, 4) is 0 Å². The zero-order valence-electron chi connectivity index (χ0n) is 11.2. The number of nitrogens with one attached hydrogen (secondary N) is 1. The van der Waals surface area contributed by atoms with Gasteiger partial charge in [-0.15, -0.1) is 0 Å². The summed E-state index contributed by atoms with van der Waals surface area (Å²) in [4.78, 5) is 25.9. The molecule has 0 unspecified atom stereocenters. The average molecular weight is 296 g/mol. The lowest BCUT2D eigenvalue weighted by atomic mass is 10.1. The van der Waals surface area contributed by atoms with Crippen LogP contribution in [0.3, 0.4) is 0 Å². The van der Waals surface area contributed by atoms with Crippen molar-refractivity contribution in [2.75, 3.05) is 32.7 Å².